The highest BCUT2D eigenvalue weighted by Gasteiger charge is 2.63. The van der Waals surface area contributed by atoms with E-state index in [1.165, 1.54) is 0 Å². The molecule has 1 unspecified atom stereocenters. The number of carbonyl (C=O) groups is 3. The smallest absolute Gasteiger partial charge is 0.339 e. The van der Waals surface area contributed by atoms with Crippen LogP contribution in [0.5, 0.6) is 0 Å². The Kier molecular flexibility index (Phi) is 9.53. The summed E-state index contributed by atoms with van der Waals surface area (Å²) >= 11 is 0. The summed E-state index contributed by atoms with van der Waals surface area (Å²) in [4.78, 5) is 40.8. The van der Waals surface area contributed by atoms with Crippen LogP contribution in [-0.2, 0) is 24.0 Å². The lowest BCUT2D eigenvalue weighted by molar-refractivity contribution is -0.211. The van der Waals surface area contributed by atoms with Crippen LogP contribution in [0.25, 0.3) is 0 Å². The average Bonchev–Trinajstić information content (AvgIpc) is 2.53. The highest BCUT2D eigenvalue weighted by Crippen LogP contribution is 2.47. The van der Waals surface area contributed by atoms with E-state index in [1.54, 1.807) is 6.92 Å². The summed E-state index contributed by atoms with van der Waals surface area (Å²) in [5.41, 5.74) is -4.04. The molecular weight excluding hydrogens is 318 g/mol. The maximum Gasteiger partial charge on any atom is 0.339 e. The fourth-order valence-electron chi connectivity index (χ4n) is 2.99. The van der Waals surface area contributed by atoms with Gasteiger partial charge in [-0.2, -0.15) is 0 Å². The van der Waals surface area contributed by atoms with Crippen LogP contribution in [0.4, 0.5) is 0 Å². The van der Waals surface area contributed by atoms with Gasteiger partial charge in [-0.25, -0.2) is 10.7 Å². The molecule has 0 rings (SSSR count). The Labute approximate surface area is 142 Å². The summed E-state index contributed by atoms with van der Waals surface area (Å²) in [5, 5.41) is 19.0. The molecule has 0 aromatic heterocycles. The molecule has 0 aliphatic rings. The third-order valence-corrected chi connectivity index (χ3v) is 4.30. The SMILES string of the molecule is CCCCC(CCCC)(C(=O)OCC)C(CC(=O)O)(ON)C(=O)O. The Morgan fingerprint density at radius 3 is 1.79 bits per heavy atom. The van der Waals surface area contributed by atoms with Crippen LogP contribution in [0.1, 0.15) is 65.7 Å². The van der Waals surface area contributed by atoms with Gasteiger partial charge in [0, 0.05) is 0 Å². The molecule has 0 bridgehead atoms. The van der Waals surface area contributed by atoms with E-state index in [9.17, 15) is 24.6 Å². The number of unbranched alkanes of at least 4 members (excludes halogenated alkanes) is 2. The second-order valence-electron chi connectivity index (χ2n) is 5.83. The topological polar surface area (TPSA) is 136 Å². The number of rotatable bonds is 13. The summed E-state index contributed by atoms with van der Waals surface area (Å²) in [6.45, 7) is 5.43. The van der Waals surface area contributed by atoms with E-state index in [0.29, 0.717) is 25.7 Å². The molecule has 0 aliphatic carbocycles. The third-order valence-electron chi connectivity index (χ3n) is 4.30. The Morgan fingerprint density at radius 1 is 1.00 bits per heavy atom. The van der Waals surface area contributed by atoms with Crippen molar-refractivity contribution >= 4 is 17.9 Å². The number of ether oxygens (including phenoxy) is 1. The predicted octanol–water partition coefficient (Wildman–Crippen LogP) is 2.10. The van der Waals surface area contributed by atoms with Gasteiger partial charge in [0.05, 0.1) is 13.0 Å². The van der Waals surface area contributed by atoms with Crippen molar-refractivity contribution in [3.8, 4) is 0 Å². The van der Waals surface area contributed by atoms with E-state index >= 15 is 0 Å². The van der Waals surface area contributed by atoms with E-state index in [4.69, 9.17) is 15.5 Å². The van der Waals surface area contributed by atoms with Crippen LogP contribution < -0.4 is 5.90 Å². The van der Waals surface area contributed by atoms with Crippen molar-refractivity contribution in [1.29, 1.82) is 0 Å². The molecule has 0 aliphatic heterocycles. The first kappa shape index (κ1) is 22.3. The molecule has 24 heavy (non-hydrogen) atoms. The zero-order valence-corrected chi connectivity index (χ0v) is 14.7. The lowest BCUT2D eigenvalue weighted by Crippen LogP contribution is -2.62. The van der Waals surface area contributed by atoms with Crippen molar-refractivity contribution in [2.45, 2.75) is 71.3 Å². The number of carboxylic acids is 2. The Morgan fingerprint density at radius 2 is 1.50 bits per heavy atom. The summed E-state index contributed by atoms with van der Waals surface area (Å²) in [6.07, 6.45) is 1.74. The molecule has 8 heteroatoms. The molecule has 0 saturated carbocycles. The molecule has 0 saturated heterocycles. The van der Waals surface area contributed by atoms with E-state index in [-0.39, 0.29) is 19.4 Å². The van der Waals surface area contributed by atoms with Gasteiger partial charge in [0.15, 0.2) is 0 Å². The molecule has 1 atom stereocenters. The second-order valence-corrected chi connectivity index (χ2v) is 5.83. The third kappa shape index (κ3) is 4.67. The monoisotopic (exact) mass is 347 g/mol. The Hall–Kier alpha value is -1.67. The quantitative estimate of drug-likeness (QED) is 0.340. The minimum Gasteiger partial charge on any atom is -0.481 e. The highest BCUT2D eigenvalue weighted by molar-refractivity contribution is 5.93. The molecular formula is C16H29NO7. The van der Waals surface area contributed by atoms with Crippen molar-refractivity contribution in [2.75, 3.05) is 6.61 Å². The number of esters is 1. The standard InChI is InChI=1S/C16H29NO7/c1-4-7-9-15(10-8-5-2,14(22)23-6-3)16(24-17,13(20)21)11-12(18)19/h4-11,17H2,1-3H3,(H,18,19)(H,20,21). The zero-order chi connectivity index (χ0) is 18.8. The molecule has 8 nitrogen and oxygen atoms in total. The van der Waals surface area contributed by atoms with E-state index in [1.807, 2.05) is 13.8 Å². The largest absolute Gasteiger partial charge is 0.481 e. The fourth-order valence-corrected chi connectivity index (χ4v) is 2.99. The van der Waals surface area contributed by atoms with Crippen LogP contribution in [0.3, 0.4) is 0 Å². The number of hydrogen-bond acceptors (Lipinski definition) is 6. The molecule has 0 aromatic rings. The van der Waals surface area contributed by atoms with Crippen molar-refractivity contribution in [3.63, 3.8) is 0 Å². The minimum absolute atomic E-state index is 0.0478. The van der Waals surface area contributed by atoms with Crippen LogP contribution >= 0.6 is 0 Å². The molecule has 140 valence electrons. The van der Waals surface area contributed by atoms with Crippen LogP contribution in [-0.4, -0.2) is 40.3 Å². The van der Waals surface area contributed by atoms with Gasteiger partial charge in [0.2, 0.25) is 5.60 Å². The van der Waals surface area contributed by atoms with Crippen molar-refractivity contribution in [3.05, 3.63) is 0 Å². The molecule has 0 heterocycles. The van der Waals surface area contributed by atoms with Gasteiger partial charge in [-0.1, -0.05) is 39.5 Å². The van der Waals surface area contributed by atoms with Gasteiger partial charge >= 0.3 is 17.9 Å². The maximum absolute atomic E-state index is 12.8. The molecule has 0 spiro atoms. The molecule has 4 N–H and O–H groups in total. The minimum atomic E-state index is -2.38. The van der Waals surface area contributed by atoms with Gasteiger partial charge in [0.1, 0.15) is 5.41 Å². The summed E-state index contributed by atoms with van der Waals surface area (Å²) < 4.78 is 5.11. The first-order valence-electron chi connectivity index (χ1n) is 8.28. The normalized spacial score (nSPS) is 14.0. The van der Waals surface area contributed by atoms with Gasteiger partial charge in [-0.15, -0.1) is 0 Å². The lowest BCUT2D eigenvalue weighted by atomic mass is 9.64. The molecule has 0 aromatic carbocycles. The fraction of sp³-hybridized carbons (Fsp3) is 0.812. The number of hydrogen-bond donors (Lipinski definition) is 3. The van der Waals surface area contributed by atoms with E-state index < -0.39 is 35.3 Å². The average molecular weight is 347 g/mol. The van der Waals surface area contributed by atoms with Gasteiger partial charge in [-0.3, -0.25) is 14.4 Å². The maximum atomic E-state index is 12.8. The molecule has 0 amide bonds. The molecule has 0 radical (unpaired) electrons. The van der Waals surface area contributed by atoms with Crippen molar-refractivity contribution in [2.24, 2.45) is 11.3 Å². The van der Waals surface area contributed by atoms with Crippen LogP contribution in [0, 0.1) is 5.41 Å². The van der Waals surface area contributed by atoms with Gasteiger partial charge in [-0.05, 0) is 19.8 Å². The second kappa shape index (κ2) is 10.2. The van der Waals surface area contributed by atoms with E-state index in [2.05, 4.69) is 0 Å². The predicted molar refractivity (Wildman–Crippen MR) is 86.0 cm³/mol. The lowest BCUT2D eigenvalue weighted by Gasteiger charge is -2.43. The number of carbonyl (C=O) groups excluding carboxylic acids is 1. The van der Waals surface area contributed by atoms with Gasteiger partial charge in [0.25, 0.3) is 0 Å². The van der Waals surface area contributed by atoms with Crippen LogP contribution in [0.15, 0.2) is 0 Å². The van der Waals surface area contributed by atoms with Crippen molar-refractivity contribution in [1.82, 2.24) is 0 Å². The Balaban J connectivity index is 6.33. The summed E-state index contributed by atoms with van der Waals surface area (Å²) in [6, 6.07) is 0. The van der Waals surface area contributed by atoms with Crippen LogP contribution in [0.2, 0.25) is 0 Å². The summed E-state index contributed by atoms with van der Waals surface area (Å²) in [7, 11) is 0. The summed E-state index contributed by atoms with van der Waals surface area (Å²) in [5.74, 6) is 1.50. The first-order valence-corrected chi connectivity index (χ1v) is 8.28. The Bertz CT molecular complexity index is 430. The van der Waals surface area contributed by atoms with Gasteiger partial charge < -0.3 is 14.9 Å². The number of aliphatic carboxylic acids is 2. The van der Waals surface area contributed by atoms with E-state index in [0.717, 1.165) is 0 Å². The highest BCUT2D eigenvalue weighted by atomic mass is 16.7. The van der Waals surface area contributed by atoms with Crippen molar-refractivity contribution < 1.29 is 34.2 Å². The number of nitrogens with two attached hydrogens (primary N) is 1. The first-order chi connectivity index (χ1) is 11.3. The zero-order valence-electron chi connectivity index (χ0n) is 14.7. The molecule has 0 fully saturated rings. The number of carboxylic acid groups (broad SMARTS) is 2.